The van der Waals surface area contributed by atoms with Gasteiger partial charge in [-0.25, -0.2) is 23.2 Å². The van der Waals surface area contributed by atoms with Crippen molar-refractivity contribution in [1.82, 2.24) is 14.8 Å². The maximum atomic E-state index is 13.8. The Kier molecular flexibility index (Phi) is 6.12. The molecule has 0 radical (unpaired) electrons. The smallest absolute Gasteiger partial charge is 0.339 e. The number of hydrogen-bond acceptors (Lipinski definition) is 5. The van der Waals surface area contributed by atoms with Crippen LogP contribution in [0.4, 0.5) is 14.5 Å². The monoisotopic (exact) mass is 450 g/mol. The van der Waals surface area contributed by atoms with Crippen LogP contribution < -0.4 is 5.32 Å². The molecule has 4 rings (SSSR count). The Bertz CT molecular complexity index is 1340. The largest absolute Gasteiger partial charge is 0.449 e. The van der Waals surface area contributed by atoms with Gasteiger partial charge in [0.1, 0.15) is 11.6 Å². The molecule has 33 heavy (non-hydrogen) atoms. The molecule has 1 atom stereocenters. The van der Waals surface area contributed by atoms with Gasteiger partial charge < -0.3 is 10.1 Å². The Morgan fingerprint density at radius 1 is 1.12 bits per heavy atom. The lowest BCUT2D eigenvalue weighted by Gasteiger charge is -2.15. The van der Waals surface area contributed by atoms with E-state index >= 15 is 0 Å². The number of ether oxygens (including phenoxy) is 1. The van der Waals surface area contributed by atoms with Crippen LogP contribution in [-0.4, -0.2) is 32.7 Å². The molecule has 0 aliphatic rings. The van der Waals surface area contributed by atoms with E-state index in [-0.39, 0.29) is 11.3 Å². The average molecular weight is 450 g/mol. The van der Waals surface area contributed by atoms with Crippen LogP contribution in [0.3, 0.4) is 0 Å². The Morgan fingerprint density at radius 2 is 1.88 bits per heavy atom. The molecule has 0 aliphatic carbocycles. The predicted octanol–water partition coefficient (Wildman–Crippen LogP) is 4.58. The summed E-state index contributed by atoms with van der Waals surface area (Å²) >= 11 is 0. The van der Waals surface area contributed by atoms with E-state index in [2.05, 4.69) is 15.4 Å². The third-order valence-electron chi connectivity index (χ3n) is 5.04. The van der Waals surface area contributed by atoms with Gasteiger partial charge in [0.15, 0.2) is 11.8 Å². The Balaban J connectivity index is 1.62. The summed E-state index contributed by atoms with van der Waals surface area (Å²) in [5.41, 5.74) is 1.69. The van der Waals surface area contributed by atoms with Gasteiger partial charge in [0.05, 0.1) is 28.5 Å². The number of amides is 1. The van der Waals surface area contributed by atoms with Gasteiger partial charge in [0.2, 0.25) is 0 Å². The highest BCUT2D eigenvalue weighted by Crippen LogP contribution is 2.26. The van der Waals surface area contributed by atoms with E-state index in [1.165, 1.54) is 13.1 Å². The number of benzene rings is 2. The number of aryl methyl sites for hydroxylation is 1. The molecule has 7 nitrogen and oxygen atoms in total. The number of aromatic nitrogens is 3. The van der Waals surface area contributed by atoms with Gasteiger partial charge in [-0.05, 0) is 32.0 Å². The van der Waals surface area contributed by atoms with Crippen molar-refractivity contribution in [3.8, 4) is 11.3 Å². The number of fused-ring (bicyclic) bond motifs is 1. The van der Waals surface area contributed by atoms with Crippen molar-refractivity contribution in [2.24, 2.45) is 0 Å². The molecule has 9 heteroatoms. The van der Waals surface area contributed by atoms with Gasteiger partial charge in [-0.1, -0.05) is 30.3 Å². The van der Waals surface area contributed by atoms with Crippen molar-refractivity contribution >= 4 is 28.6 Å². The number of nitrogens with zero attached hydrogens (tertiary/aromatic N) is 3. The molecule has 168 valence electrons. The highest BCUT2D eigenvalue weighted by molar-refractivity contribution is 6.05. The number of rotatable bonds is 6. The predicted molar refractivity (Wildman–Crippen MR) is 119 cm³/mol. The lowest BCUT2D eigenvalue weighted by Crippen LogP contribution is -2.30. The molecule has 0 aliphatic heterocycles. The van der Waals surface area contributed by atoms with Gasteiger partial charge in [0, 0.05) is 18.2 Å². The third-order valence-corrected chi connectivity index (χ3v) is 5.04. The van der Waals surface area contributed by atoms with Gasteiger partial charge in [-0.3, -0.25) is 4.79 Å². The molecule has 1 amide bonds. The van der Waals surface area contributed by atoms with E-state index < -0.39 is 29.6 Å². The van der Waals surface area contributed by atoms with Gasteiger partial charge >= 0.3 is 5.97 Å². The van der Waals surface area contributed by atoms with E-state index in [4.69, 9.17) is 4.74 Å². The second-order valence-corrected chi connectivity index (χ2v) is 7.28. The summed E-state index contributed by atoms with van der Waals surface area (Å²) in [6.45, 7) is 3.79. The summed E-state index contributed by atoms with van der Waals surface area (Å²) in [4.78, 5) is 30.1. The molecular formula is C24H20F2N4O3. The Morgan fingerprint density at radius 3 is 2.61 bits per heavy atom. The number of hydrogen-bond donors (Lipinski definition) is 1. The molecular weight excluding hydrogens is 430 g/mol. The minimum absolute atomic E-state index is 0.190. The number of anilines is 1. The van der Waals surface area contributed by atoms with E-state index in [1.54, 1.807) is 10.7 Å². The fourth-order valence-corrected chi connectivity index (χ4v) is 3.31. The fourth-order valence-electron chi connectivity index (χ4n) is 3.31. The van der Waals surface area contributed by atoms with E-state index in [0.29, 0.717) is 23.3 Å². The van der Waals surface area contributed by atoms with Crippen LogP contribution in [0.1, 0.15) is 24.2 Å². The first-order valence-corrected chi connectivity index (χ1v) is 10.3. The molecule has 0 saturated carbocycles. The lowest BCUT2D eigenvalue weighted by atomic mass is 10.1. The van der Waals surface area contributed by atoms with Crippen molar-refractivity contribution < 1.29 is 23.1 Å². The number of esters is 1. The third kappa shape index (κ3) is 4.57. The first kappa shape index (κ1) is 22.1. The number of carbonyl (C=O) groups is 2. The summed E-state index contributed by atoms with van der Waals surface area (Å²) in [6.07, 6.45) is 0.245. The van der Waals surface area contributed by atoms with E-state index in [1.807, 2.05) is 37.3 Å². The lowest BCUT2D eigenvalue weighted by molar-refractivity contribution is -0.123. The summed E-state index contributed by atoms with van der Waals surface area (Å²) in [7, 11) is 0. The number of halogens is 2. The van der Waals surface area contributed by atoms with Crippen LogP contribution in [-0.2, 0) is 16.1 Å². The van der Waals surface area contributed by atoms with Gasteiger partial charge in [-0.15, -0.1) is 0 Å². The van der Waals surface area contributed by atoms with E-state index in [9.17, 15) is 18.4 Å². The molecule has 0 bridgehead atoms. The quantitative estimate of drug-likeness (QED) is 0.435. The second kappa shape index (κ2) is 9.15. The van der Waals surface area contributed by atoms with Crippen LogP contribution in [0.5, 0.6) is 0 Å². The molecule has 2 aromatic heterocycles. The van der Waals surface area contributed by atoms with Crippen molar-refractivity contribution in [2.45, 2.75) is 26.5 Å². The first-order valence-electron chi connectivity index (χ1n) is 10.3. The number of pyridine rings is 1. The summed E-state index contributed by atoms with van der Waals surface area (Å²) in [6, 6.07) is 13.6. The molecule has 2 aromatic carbocycles. The summed E-state index contributed by atoms with van der Waals surface area (Å²) < 4.78 is 34.2. The van der Waals surface area contributed by atoms with E-state index in [0.717, 1.165) is 23.8 Å². The maximum Gasteiger partial charge on any atom is 0.339 e. The second-order valence-electron chi connectivity index (χ2n) is 7.28. The van der Waals surface area contributed by atoms with Crippen LogP contribution >= 0.6 is 0 Å². The average Bonchev–Trinajstić information content (AvgIpc) is 3.24. The van der Waals surface area contributed by atoms with Gasteiger partial charge in [0.25, 0.3) is 5.91 Å². The van der Waals surface area contributed by atoms with Crippen LogP contribution in [0.2, 0.25) is 0 Å². The fraction of sp³-hybridized carbons (Fsp3) is 0.167. The minimum atomic E-state index is -1.27. The van der Waals surface area contributed by atoms with Crippen LogP contribution in [0.25, 0.3) is 22.3 Å². The topological polar surface area (TPSA) is 86.1 Å². The molecule has 0 saturated heterocycles. The standard InChI is InChI=1S/C24H20F2N4O3/c1-3-30-22-18(13-27-30)17(12-20(28-22)15-7-5-4-6-8-15)24(32)33-14(2)23(31)29-21-11-16(25)9-10-19(21)26/h4-14H,3H2,1-2H3,(H,29,31). The van der Waals surface area contributed by atoms with Gasteiger partial charge in [-0.2, -0.15) is 5.10 Å². The SMILES string of the molecule is CCn1ncc2c(C(=O)OC(C)C(=O)Nc3cc(F)ccc3F)cc(-c3ccccc3)nc21. The first-order chi connectivity index (χ1) is 15.9. The minimum Gasteiger partial charge on any atom is -0.449 e. The normalized spacial score (nSPS) is 11.9. The zero-order chi connectivity index (χ0) is 23.5. The zero-order valence-electron chi connectivity index (χ0n) is 17.9. The Labute approximate surface area is 188 Å². The summed E-state index contributed by atoms with van der Waals surface area (Å²) in [5, 5.41) is 6.98. The Hall–Kier alpha value is -4.14. The van der Waals surface area contributed by atoms with Crippen molar-refractivity contribution in [3.05, 3.63) is 78.0 Å². The molecule has 0 fully saturated rings. The molecule has 1 N–H and O–H groups in total. The molecule has 2 heterocycles. The molecule has 1 unspecified atom stereocenters. The summed E-state index contributed by atoms with van der Waals surface area (Å²) in [5.74, 6) is -3.08. The van der Waals surface area contributed by atoms with Crippen LogP contribution in [0.15, 0.2) is 60.8 Å². The number of carbonyl (C=O) groups excluding carboxylic acids is 2. The van der Waals surface area contributed by atoms with Crippen LogP contribution in [0, 0.1) is 11.6 Å². The molecule has 4 aromatic rings. The highest BCUT2D eigenvalue weighted by Gasteiger charge is 2.24. The zero-order valence-corrected chi connectivity index (χ0v) is 17.9. The number of nitrogens with one attached hydrogen (secondary N) is 1. The van der Waals surface area contributed by atoms with Crippen molar-refractivity contribution in [2.75, 3.05) is 5.32 Å². The highest BCUT2D eigenvalue weighted by atomic mass is 19.1. The maximum absolute atomic E-state index is 13.8. The molecule has 0 spiro atoms. The van der Waals surface area contributed by atoms with Crippen molar-refractivity contribution in [1.29, 1.82) is 0 Å². The van der Waals surface area contributed by atoms with Crippen molar-refractivity contribution in [3.63, 3.8) is 0 Å².